The maximum atomic E-state index is 12.4. The third-order valence-electron chi connectivity index (χ3n) is 6.29. The number of aromatic nitrogens is 2. The van der Waals surface area contributed by atoms with E-state index in [9.17, 15) is 14.4 Å². The second kappa shape index (κ2) is 7.89. The normalized spacial score (nSPS) is 30.2. The van der Waals surface area contributed by atoms with Gasteiger partial charge in [0.2, 0.25) is 5.91 Å². The van der Waals surface area contributed by atoms with E-state index in [1.54, 1.807) is 0 Å². The summed E-state index contributed by atoms with van der Waals surface area (Å²) in [6.07, 6.45) is 8.67. The van der Waals surface area contributed by atoms with E-state index < -0.39 is 6.03 Å². The molecule has 152 valence electrons. The van der Waals surface area contributed by atoms with Gasteiger partial charge < -0.3 is 10.3 Å². The molecule has 1 aromatic heterocycles. The minimum Gasteiger partial charge on any atom is -0.332 e. The minimum absolute atomic E-state index is 0.0345. The summed E-state index contributed by atoms with van der Waals surface area (Å²) < 4.78 is 0. The molecule has 0 radical (unpaired) electrons. The lowest BCUT2D eigenvalue weighted by molar-refractivity contribution is -0.117. The third-order valence-corrected chi connectivity index (χ3v) is 7.16. The highest BCUT2D eigenvalue weighted by Crippen LogP contribution is 2.55. The van der Waals surface area contributed by atoms with Crippen LogP contribution in [0.25, 0.3) is 0 Å². The van der Waals surface area contributed by atoms with Crippen LogP contribution in [-0.4, -0.2) is 33.2 Å². The smallest absolute Gasteiger partial charge is 0.321 e. The van der Waals surface area contributed by atoms with Gasteiger partial charge in [-0.25, -0.2) is 9.78 Å². The fraction of sp³-hybridized carbons (Fsp3) is 0.700. The van der Waals surface area contributed by atoms with Gasteiger partial charge in [0.15, 0.2) is 5.16 Å². The molecule has 4 saturated carbocycles. The maximum Gasteiger partial charge on any atom is 0.321 e. The average molecular weight is 405 g/mol. The number of imide groups is 1. The molecular formula is C20H28N4O3S. The Balaban J connectivity index is 1.28. The van der Waals surface area contributed by atoms with Crippen molar-refractivity contribution in [1.82, 2.24) is 20.6 Å². The zero-order valence-electron chi connectivity index (χ0n) is 16.3. The molecule has 1 aromatic rings. The van der Waals surface area contributed by atoms with Crippen molar-refractivity contribution in [3.8, 4) is 0 Å². The average Bonchev–Trinajstić information content (AvgIpc) is 2.58. The first kappa shape index (κ1) is 19.5. The highest BCUT2D eigenvalue weighted by molar-refractivity contribution is 7.99. The molecule has 5 rings (SSSR count). The molecule has 4 aliphatic carbocycles. The summed E-state index contributed by atoms with van der Waals surface area (Å²) in [5.41, 5.74) is 0.378. The summed E-state index contributed by atoms with van der Waals surface area (Å²) in [5, 5.41) is 5.99. The number of H-pyrrole nitrogens is 1. The summed E-state index contributed by atoms with van der Waals surface area (Å²) in [6.45, 7) is 2.02. The number of carbonyl (C=O) groups is 2. The number of urea groups is 1. The highest BCUT2D eigenvalue weighted by Gasteiger charge is 2.51. The fourth-order valence-corrected chi connectivity index (χ4v) is 6.46. The van der Waals surface area contributed by atoms with Crippen molar-refractivity contribution in [2.45, 2.75) is 69.0 Å². The summed E-state index contributed by atoms with van der Waals surface area (Å²) in [4.78, 5) is 43.3. The van der Waals surface area contributed by atoms with Crippen molar-refractivity contribution < 1.29 is 9.59 Å². The monoisotopic (exact) mass is 404 g/mol. The van der Waals surface area contributed by atoms with E-state index >= 15 is 0 Å². The van der Waals surface area contributed by atoms with Gasteiger partial charge in [-0.15, -0.1) is 0 Å². The van der Waals surface area contributed by atoms with Gasteiger partial charge in [-0.3, -0.25) is 14.9 Å². The molecule has 4 aliphatic rings. The van der Waals surface area contributed by atoms with Crippen LogP contribution >= 0.6 is 11.8 Å². The predicted octanol–water partition coefficient (Wildman–Crippen LogP) is 2.61. The summed E-state index contributed by atoms with van der Waals surface area (Å²) in [6, 6.07) is 1.08. The van der Waals surface area contributed by atoms with Crippen molar-refractivity contribution in [1.29, 1.82) is 0 Å². The van der Waals surface area contributed by atoms with Crippen LogP contribution in [0, 0.1) is 17.8 Å². The molecule has 0 atom stereocenters. The molecule has 28 heavy (non-hydrogen) atoms. The number of hydrogen-bond acceptors (Lipinski definition) is 5. The van der Waals surface area contributed by atoms with Gasteiger partial charge in [-0.2, -0.15) is 0 Å². The molecule has 3 amide bonds. The molecule has 0 aliphatic heterocycles. The first-order valence-electron chi connectivity index (χ1n) is 10.3. The fourth-order valence-electron chi connectivity index (χ4n) is 5.77. The van der Waals surface area contributed by atoms with E-state index in [0.29, 0.717) is 10.9 Å². The molecule has 0 aromatic carbocycles. The topological polar surface area (TPSA) is 104 Å². The summed E-state index contributed by atoms with van der Waals surface area (Å²) >= 11 is 1.14. The number of nitrogens with one attached hydrogen (secondary N) is 3. The number of rotatable bonds is 6. The second-order valence-corrected chi connectivity index (χ2v) is 9.74. The number of carbonyl (C=O) groups excluding carboxylic acids is 2. The molecule has 0 unspecified atom stereocenters. The number of thioether (sulfide) groups is 1. The van der Waals surface area contributed by atoms with Gasteiger partial charge in [0.25, 0.3) is 5.56 Å². The summed E-state index contributed by atoms with van der Waals surface area (Å²) in [7, 11) is 0. The van der Waals surface area contributed by atoms with E-state index in [0.717, 1.165) is 61.6 Å². The molecule has 0 spiro atoms. The van der Waals surface area contributed by atoms with Crippen molar-refractivity contribution >= 4 is 23.7 Å². The molecule has 7 nitrogen and oxygen atoms in total. The molecular weight excluding hydrogens is 376 g/mol. The lowest BCUT2D eigenvalue weighted by Gasteiger charge is -2.56. The standard InChI is InChI=1S/C20H28N4O3S/c1-2-3-15-7-16(25)23-19(21-15)28-11-17(26)22-18(27)24-20-8-12-4-13(9-20)6-14(5-12)10-20/h7,12-14H,2-6,8-11H2,1H3,(H,21,23,25)(H2,22,24,26,27). The van der Waals surface area contributed by atoms with Crippen LogP contribution in [0.2, 0.25) is 0 Å². The number of nitrogens with zero attached hydrogens (tertiary/aromatic N) is 1. The third kappa shape index (κ3) is 4.42. The van der Waals surface area contributed by atoms with Gasteiger partial charge in [0.1, 0.15) is 0 Å². The van der Waals surface area contributed by atoms with Gasteiger partial charge >= 0.3 is 6.03 Å². The molecule has 3 N–H and O–H groups in total. The van der Waals surface area contributed by atoms with E-state index in [1.165, 1.54) is 25.3 Å². The van der Waals surface area contributed by atoms with E-state index in [-0.39, 0.29) is 22.8 Å². The Hall–Kier alpha value is -1.83. The van der Waals surface area contributed by atoms with Crippen LogP contribution in [0.5, 0.6) is 0 Å². The van der Waals surface area contributed by atoms with E-state index in [4.69, 9.17) is 0 Å². The second-order valence-electron chi connectivity index (χ2n) is 8.78. The van der Waals surface area contributed by atoms with Crippen LogP contribution in [0.3, 0.4) is 0 Å². The van der Waals surface area contributed by atoms with Crippen LogP contribution in [0.4, 0.5) is 4.79 Å². The van der Waals surface area contributed by atoms with Gasteiger partial charge in [-0.05, 0) is 62.7 Å². The van der Waals surface area contributed by atoms with Crippen LogP contribution in [0.15, 0.2) is 16.0 Å². The SMILES string of the molecule is CCCc1cc(=O)[nH]c(SCC(=O)NC(=O)NC23CC4CC(CC(C4)C2)C3)n1. The molecule has 8 heteroatoms. The molecule has 4 fully saturated rings. The maximum absolute atomic E-state index is 12.4. The number of amides is 3. The number of hydrogen-bond donors (Lipinski definition) is 3. The van der Waals surface area contributed by atoms with Crippen molar-refractivity contribution in [2.75, 3.05) is 5.75 Å². The predicted molar refractivity (Wildman–Crippen MR) is 107 cm³/mol. The summed E-state index contributed by atoms with van der Waals surface area (Å²) in [5.74, 6) is 1.85. The van der Waals surface area contributed by atoms with Crippen molar-refractivity contribution in [3.63, 3.8) is 0 Å². The van der Waals surface area contributed by atoms with E-state index in [2.05, 4.69) is 20.6 Å². The lowest BCUT2D eigenvalue weighted by atomic mass is 9.53. The van der Waals surface area contributed by atoms with Gasteiger partial charge in [-0.1, -0.05) is 25.1 Å². The Bertz CT molecular complexity index is 787. The first-order chi connectivity index (χ1) is 13.4. The molecule has 4 bridgehead atoms. The Morgan fingerprint density at radius 2 is 1.86 bits per heavy atom. The first-order valence-corrected chi connectivity index (χ1v) is 11.3. The number of aromatic amines is 1. The van der Waals surface area contributed by atoms with Crippen LogP contribution < -0.4 is 16.2 Å². The molecule has 0 saturated heterocycles. The van der Waals surface area contributed by atoms with Crippen molar-refractivity contribution in [3.05, 3.63) is 22.1 Å². The minimum atomic E-state index is -0.395. The lowest BCUT2D eigenvalue weighted by Crippen LogP contribution is -2.61. The van der Waals surface area contributed by atoms with Crippen LogP contribution in [0.1, 0.15) is 57.6 Å². The largest absolute Gasteiger partial charge is 0.332 e. The Labute approximate surface area is 168 Å². The van der Waals surface area contributed by atoms with Gasteiger partial charge in [0.05, 0.1) is 5.75 Å². The van der Waals surface area contributed by atoms with Crippen molar-refractivity contribution in [2.24, 2.45) is 17.8 Å². The molecule has 1 heterocycles. The Morgan fingerprint density at radius 1 is 1.21 bits per heavy atom. The highest BCUT2D eigenvalue weighted by atomic mass is 32.2. The van der Waals surface area contributed by atoms with Crippen LogP contribution in [-0.2, 0) is 11.2 Å². The zero-order valence-corrected chi connectivity index (χ0v) is 17.1. The van der Waals surface area contributed by atoms with E-state index in [1.807, 2.05) is 6.92 Å². The Morgan fingerprint density at radius 3 is 2.46 bits per heavy atom. The van der Waals surface area contributed by atoms with Gasteiger partial charge in [0, 0.05) is 17.3 Å². The quantitative estimate of drug-likeness (QED) is 0.499. The Kier molecular flexibility index (Phi) is 5.49. The zero-order chi connectivity index (χ0) is 19.7. The number of aryl methyl sites for hydroxylation is 1.